The number of hydrogen-bond acceptors (Lipinski definition) is 2. The highest BCUT2D eigenvalue weighted by Gasteiger charge is 2.31. The maximum Gasteiger partial charge on any atom is 0.243 e. The van der Waals surface area contributed by atoms with Crippen molar-refractivity contribution in [2.75, 3.05) is 13.1 Å². The van der Waals surface area contributed by atoms with Crippen molar-refractivity contribution in [3.63, 3.8) is 0 Å². The van der Waals surface area contributed by atoms with E-state index in [9.17, 15) is 8.42 Å². The largest absolute Gasteiger partial charge is 0.346 e. The van der Waals surface area contributed by atoms with E-state index in [4.69, 9.17) is 0 Å². The van der Waals surface area contributed by atoms with Crippen LogP contribution in [0.15, 0.2) is 41.3 Å². The normalized spacial score (nSPS) is 17.5. The van der Waals surface area contributed by atoms with Gasteiger partial charge < -0.3 is 4.57 Å². The second-order valence-electron chi connectivity index (χ2n) is 6.39. The molecule has 0 bridgehead atoms. The van der Waals surface area contributed by atoms with E-state index in [0.717, 1.165) is 18.4 Å². The molecule has 1 aliphatic rings. The van der Waals surface area contributed by atoms with E-state index >= 15 is 0 Å². The molecule has 1 aliphatic heterocycles. The molecule has 1 saturated heterocycles. The van der Waals surface area contributed by atoms with Gasteiger partial charge in [-0.15, -0.1) is 0 Å². The Kier molecular flexibility index (Phi) is 4.34. The van der Waals surface area contributed by atoms with Crippen LogP contribution in [0.4, 0.5) is 0 Å². The molecule has 0 N–H and O–H groups in total. The van der Waals surface area contributed by atoms with E-state index in [-0.39, 0.29) is 0 Å². The fraction of sp³-hybridized carbons (Fsp3) is 0.444. The Balaban J connectivity index is 1.78. The quantitative estimate of drug-likeness (QED) is 0.864. The van der Waals surface area contributed by atoms with Crippen molar-refractivity contribution >= 4 is 10.0 Å². The van der Waals surface area contributed by atoms with Crippen molar-refractivity contribution in [2.24, 2.45) is 0 Å². The van der Waals surface area contributed by atoms with Gasteiger partial charge in [-0.1, -0.05) is 18.2 Å². The number of piperidine rings is 1. The molecule has 0 spiro atoms. The second kappa shape index (κ2) is 6.13. The smallest absolute Gasteiger partial charge is 0.243 e. The van der Waals surface area contributed by atoms with Crippen LogP contribution >= 0.6 is 0 Å². The Bertz CT molecular complexity index is 781. The van der Waals surface area contributed by atoms with Gasteiger partial charge in [0.15, 0.2) is 0 Å². The van der Waals surface area contributed by atoms with E-state index in [0.29, 0.717) is 24.0 Å². The molecular formula is C18H24N2O2S. The molecule has 0 amide bonds. The summed E-state index contributed by atoms with van der Waals surface area (Å²) in [6.07, 6.45) is 1.73. The predicted octanol–water partition coefficient (Wildman–Crippen LogP) is 3.44. The highest BCUT2D eigenvalue weighted by Crippen LogP contribution is 2.30. The third kappa shape index (κ3) is 2.95. The topological polar surface area (TPSA) is 42.3 Å². The minimum absolute atomic E-state index is 0.397. The van der Waals surface area contributed by atoms with Crippen molar-refractivity contribution in [3.05, 3.63) is 53.3 Å². The molecule has 3 rings (SSSR count). The fourth-order valence-corrected chi connectivity index (χ4v) is 5.28. The lowest BCUT2D eigenvalue weighted by Gasteiger charge is -2.33. The predicted molar refractivity (Wildman–Crippen MR) is 92.1 cm³/mol. The molecule has 23 heavy (non-hydrogen) atoms. The third-order valence-electron chi connectivity index (χ3n) is 4.83. The number of nitrogens with zero attached hydrogens (tertiary/aromatic N) is 2. The van der Waals surface area contributed by atoms with Gasteiger partial charge in [-0.3, -0.25) is 0 Å². The highest BCUT2D eigenvalue weighted by atomic mass is 32.2. The van der Waals surface area contributed by atoms with Crippen LogP contribution < -0.4 is 0 Å². The number of aryl methyl sites for hydroxylation is 3. The Labute approximate surface area is 138 Å². The Morgan fingerprint density at radius 1 is 0.913 bits per heavy atom. The van der Waals surface area contributed by atoms with Crippen molar-refractivity contribution < 1.29 is 8.42 Å². The molecule has 1 aromatic heterocycles. The Morgan fingerprint density at radius 2 is 1.48 bits per heavy atom. The molecule has 0 aliphatic carbocycles. The number of aromatic nitrogens is 1. The van der Waals surface area contributed by atoms with Crippen molar-refractivity contribution in [1.82, 2.24) is 8.87 Å². The van der Waals surface area contributed by atoms with E-state index in [1.54, 1.807) is 16.4 Å². The summed E-state index contributed by atoms with van der Waals surface area (Å²) in [5, 5.41) is 0. The van der Waals surface area contributed by atoms with Gasteiger partial charge in [0.05, 0.1) is 4.90 Å². The number of hydrogen-bond donors (Lipinski definition) is 0. The zero-order valence-electron chi connectivity index (χ0n) is 14.0. The molecule has 124 valence electrons. The summed E-state index contributed by atoms with van der Waals surface area (Å²) >= 11 is 0. The fourth-order valence-electron chi connectivity index (χ4n) is 3.58. The summed E-state index contributed by atoms with van der Waals surface area (Å²) in [7, 11) is -3.38. The lowest BCUT2D eigenvalue weighted by molar-refractivity contribution is 0.270. The highest BCUT2D eigenvalue weighted by molar-refractivity contribution is 7.89. The monoisotopic (exact) mass is 332 g/mol. The molecule has 4 nitrogen and oxygen atoms in total. The van der Waals surface area contributed by atoms with Crippen LogP contribution in [-0.4, -0.2) is 30.4 Å². The van der Waals surface area contributed by atoms with Crippen LogP contribution in [-0.2, 0) is 10.0 Å². The molecule has 1 fully saturated rings. The molecule has 2 heterocycles. The molecule has 0 saturated carbocycles. The molecule has 1 aromatic carbocycles. The average Bonchev–Trinajstić information content (AvgIpc) is 2.86. The van der Waals surface area contributed by atoms with Crippen LogP contribution in [0.2, 0.25) is 0 Å². The Morgan fingerprint density at radius 3 is 2.04 bits per heavy atom. The summed E-state index contributed by atoms with van der Waals surface area (Å²) in [4.78, 5) is 0.437. The van der Waals surface area contributed by atoms with E-state index in [1.165, 1.54) is 11.4 Å². The maximum atomic E-state index is 12.9. The van der Waals surface area contributed by atoms with Gasteiger partial charge >= 0.3 is 0 Å². The Hall–Kier alpha value is -1.59. The van der Waals surface area contributed by atoms with E-state index in [2.05, 4.69) is 30.5 Å². The zero-order chi connectivity index (χ0) is 16.6. The average molecular weight is 332 g/mol. The minimum Gasteiger partial charge on any atom is -0.346 e. The molecular weight excluding hydrogens is 308 g/mol. The summed E-state index contributed by atoms with van der Waals surface area (Å²) < 4.78 is 29.7. The molecule has 0 atom stereocenters. The van der Waals surface area contributed by atoms with Gasteiger partial charge in [-0.25, -0.2) is 8.42 Å². The first kappa shape index (κ1) is 16.3. The van der Waals surface area contributed by atoms with Crippen LogP contribution in [0.3, 0.4) is 0 Å². The SMILES string of the molecule is Cc1ccccc1S(=O)(=O)N1CCC(n2c(C)ccc2C)CC1. The molecule has 0 radical (unpaired) electrons. The van der Waals surface area contributed by atoms with E-state index < -0.39 is 10.0 Å². The number of sulfonamides is 1. The van der Waals surface area contributed by atoms with Crippen molar-refractivity contribution in [3.8, 4) is 0 Å². The van der Waals surface area contributed by atoms with Gasteiger partial charge in [0.2, 0.25) is 10.0 Å². The lowest BCUT2D eigenvalue weighted by atomic mass is 10.1. The maximum absolute atomic E-state index is 12.9. The third-order valence-corrected chi connectivity index (χ3v) is 6.88. The van der Waals surface area contributed by atoms with Crippen LogP contribution in [0.25, 0.3) is 0 Å². The van der Waals surface area contributed by atoms with Gasteiger partial charge in [0.1, 0.15) is 0 Å². The van der Waals surface area contributed by atoms with Crippen LogP contribution in [0.1, 0.15) is 35.8 Å². The number of rotatable bonds is 3. The summed E-state index contributed by atoms with van der Waals surface area (Å²) in [5.41, 5.74) is 3.32. The standard InChI is InChI=1S/C18H24N2O2S/c1-14-6-4-5-7-18(14)23(21,22)19-12-10-17(11-13-19)20-15(2)8-9-16(20)3/h4-9,17H,10-13H2,1-3H3. The van der Waals surface area contributed by atoms with Gasteiger partial charge in [0, 0.05) is 30.5 Å². The zero-order valence-corrected chi connectivity index (χ0v) is 14.8. The lowest BCUT2D eigenvalue weighted by Crippen LogP contribution is -2.39. The first-order chi connectivity index (χ1) is 10.9. The van der Waals surface area contributed by atoms with Crippen LogP contribution in [0, 0.1) is 20.8 Å². The molecule has 0 unspecified atom stereocenters. The second-order valence-corrected chi connectivity index (χ2v) is 8.29. The van der Waals surface area contributed by atoms with Crippen molar-refractivity contribution in [1.29, 1.82) is 0 Å². The summed E-state index contributed by atoms with van der Waals surface area (Å²) in [6.45, 7) is 7.25. The summed E-state index contributed by atoms with van der Waals surface area (Å²) in [6, 6.07) is 11.9. The van der Waals surface area contributed by atoms with E-state index in [1.807, 2.05) is 19.1 Å². The minimum atomic E-state index is -3.38. The first-order valence-electron chi connectivity index (χ1n) is 8.11. The first-order valence-corrected chi connectivity index (χ1v) is 9.55. The van der Waals surface area contributed by atoms with Crippen LogP contribution in [0.5, 0.6) is 0 Å². The molecule has 5 heteroatoms. The van der Waals surface area contributed by atoms with Crippen molar-refractivity contribution in [2.45, 2.75) is 44.6 Å². The molecule has 2 aromatic rings. The van der Waals surface area contributed by atoms with Gasteiger partial charge in [0.25, 0.3) is 0 Å². The number of benzene rings is 1. The van der Waals surface area contributed by atoms with Gasteiger partial charge in [-0.05, 0) is 57.4 Å². The van der Waals surface area contributed by atoms with Gasteiger partial charge in [-0.2, -0.15) is 4.31 Å². The summed E-state index contributed by atoms with van der Waals surface area (Å²) in [5.74, 6) is 0.